The first-order valence-electron chi connectivity index (χ1n) is 11.5. The lowest BCUT2D eigenvalue weighted by Crippen LogP contribution is -2.58. The van der Waals surface area contributed by atoms with Gasteiger partial charge in [-0.1, -0.05) is 24.3 Å². The van der Waals surface area contributed by atoms with Crippen LogP contribution in [-0.4, -0.2) is 71.1 Å². The standard InChI is InChI=1S/C25H30N4O4S/c1-4-33-22(30)14-26-25(32)28-11-10-27(15-18(28)3)23(31)21-13-19-9-12-34-24(19)29(21)16-20-8-6-5-7-17(20)2/h5-9,12-13,18H,4,10-11,14-16H2,1-3H3,(H,26,32)/t18-/m1/s1. The molecular weight excluding hydrogens is 452 g/mol. The Kier molecular flexibility index (Phi) is 7.21. The number of benzene rings is 1. The number of thiophene rings is 1. The minimum atomic E-state index is -0.466. The zero-order chi connectivity index (χ0) is 24.2. The van der Waals surface area contributed by atoms with Gasteiger partial charge < -0.3 is 24.4 Å². The van der Waals surface area contributed by atoms with Crippen LogP contribution >= 0.6 is 11.3 Å². The van der Waals surface area contributed by atoms with Crippen molar-refractivity contribution in [1.29, 1.82) is 0 Å². The highest BCUT2D eigenvalue weighted by Crippen LogP contribution is 2.28. The molecule has 1 fully saturated rings. The summed E-state index contributed by atoms with van der Waals surface area (Å²) in [5.41, 5.74) is 3.03. The van der Waals surface area contributed by atoms with E-state index in [4.69, 9.17) is 4.74 Å². The number of hydrogen-bond donors (Lipinski definition) is 1. The molecule has 1 atom stereocenters. The number of aryl methyl sites for hydroxylation is 1. The third kappa shape index (κ3) is 4.94. The molecule has 0 bridgehead atoms. The number of aromatic nitrogens is 1. The molecule has 3 heterocycles. The van der Waals surface area contributed by atoms with Crippen LogP contribution in [0.2, 0.25) is 0 Å². The van der Waals surface area contributed by atoms with Crippen molar-refractivity contribution in [1.82, 2.24) is 19.7 Å². The number of nitrogens with zero attached hydrogens (tertiary/aromatic N) is 3. The molecule has 1 aliphatic rings. The minimum Gasteiger partial charge on any atom is -0.465 e. The van der Waals surface area contributed by atoms with E-state index < -0.39 is 5.97 Å². The van der Waals surface area contributed by atoms with E-state index in [2.05, 4.69) is 28.9 Å². The first-order valence-corrected chi connectivity index (χ1v) is 12.4. The number of hydrogen-bond acceptors (Lipinski definition) is 5. The maximum atomic E-state index is 13.6. The Morgan fingerprint density at radius 1 is 1.18 bits per heavy atom. The number of fused-ring (bicyclic) bond motifs is 1. The Hall–Kier alpha value is -3.33. The lowest BCUT2D eigenvalue weighted by Gasteiger charge is -2.39. The molecule has 0 saturated carbocycles. The summed E-state index contributed by atoms with van der Waals surface area (Å²) < 4.78 is 6.96. The van der Waals surface area contributed by atoms with Gasteiger partial charge in [-0.2, -0.15) is 0 Å². The Bertz CT molecular complexity index is 1200. The average molecular weight is 483 g/mol. The maximum Gasteiger partial charge on any atom is 0.325 e. The van der Waals surface area contributed by atoms with Gasteiger partial charge in [-0.05, 0) is 49.4 Å². The Labute approximate surface area is 203 Å². The van der Waals surface area contributed by atoms with E-state index in [1.54, 1.807) is 23.2 Å². The summed E-state index contributed by atoms with van der Waals surface area (Å²) in [5.74, 6) is -0.498. The molecule has 0 spiro atoms. The van der Waals surface area contributed by atoms with E-state index in [0.29, 0.717) is 31.9 Å². The van der Waals surface area contributed by atoms with Crippen LogP contribution in [0.4, 0.5) is 4.79 Å². The van der Waals surface area contributed by atoms with Gasteiger partial charge in [0.1, 0.15) is 17.1 Å². The molecule has 1 N–H and O–H groups in total. The van der Waals surface area contributed by atoms with Gasteiger partial charge in [0.05, 0.1) is 6.61 Å². The summed E-state index contributed by atoms with van der Waals surface area (Å²) in [7, 11) is 0. The Balaban J connectivity index is 1.47. The molecule has 8 nitrogen and oxygen atoms in total. The molecule has 1 aliphatic heterocycles. The van der Waals surface area contributed by atoms with Crippen molar-refractivity contribution in [2.24, 2.45) is 0 Å². The molecule has 9 heteroatoms. The highest BCUT2D eigenvalue weighted by Gasteiger charge is 2.32. The summed E-state index contributed by atoms with van der Waals surface area (Å²) in [5, 5.41) is 5.71. The van der Waals surface area contributed by atoms with Crippen LogP contribution in [0.25, 0.3) is 10.2 Å². The number of ether oxygens (including phenoxy) is 1. The second-order valence-corrected chi connectivity index (χ2v) is 9.38. The molecule has 4 rings (SSSR count). The van der Waals surface area contributed by atoms with Crippen molar-refractivity contribution >= 4 is 39.5 Å². The van der Waals surface area contributed by atoms with Crippen LogP contribution in [0, 0.1) is 6.92 Å². The molecule has 0 unspecified atom stereocenters. The number of carbonyl (C=O) groups excluding carboxylic acids is 3. The zero-order valence-electron chi connectivity index (χ0n) is 19.7. The van der Waals surface area contributed by atoms with Gasteiger partial charge in [0, 0.05) is 37.6 Å². The van der Waals surface area contributed by atoms with Crippen molar-refractivity contribution in [3.05, 3.63) is 58.6 Å². The van der Waals surface area contributed by atoms with Gasteiger partial charge in [-0.25, -0.2) is 4.79 Å². The monoisotopic (exact) mass is 482 g/mol. The number of rotatable bonds is 6. The van der Waals surface area contributed by atoms with Crippen molar-refractivity contribution in [3.63, 3.8) is 0 Å². The largest absolute Gasteiger partial charge is 0.465 e. The number of nitrogens with one attached hydrogen (secondary N) is 1. The summed E-state index contributed by atoms with van der Waals surface area (Å²) in [6.45, 7) is 7.70. The molecule has 2 aromatic heterocycles. The Morgan fingerprint density at radius 3 is 2.71 bits per heavy atom. The Morgan fingerprint density at radius 2 is 1.97 bits per heavy atom. The molecule has 1 saturated heterocycles. The molecule has 3 aromatic rings. The van der Waals surface area contributed by atoms with E-state index in [-0.39, 0.29) is 31.1 Å². The van der Waals surface area contributed by atoms with Crippen molar-refractivity contribution in [3.8, 4) is 0 Å². The predicted octanol–water partition coefficient (Wildman–Crippen LogP) is 3.48. The number of piperazine rings is 1. The van der Waals surface area contributed by atoms with Crippen molar-refractivity contribution in [2.45, 2.75) is 33.4 Å². The number of urea groups is 1. The predicted molar refractivity (Wildman–Crippen MR) is 132 cm³/mol. The summed E-state index contributed by atoms with van der Waals surface area (Å²) in [6, 6.07) is 11.7. The third-order valence-corrected chi connectivity index (χ3v) is 7.13. The van der Waals surface area contributed by atoms with Crippen LogP contribution < -0.4 is 5.32 Å². The lowest BCUT2D eigenvalue weighted by atomic mass is 10.1. The third-order valence-electron chi connectivity index (χ3n) is 6.18. The van der Waals surface area contributed by atoms with Crippen LogP contribution in [0.1, 0.15) is 35.5 Å². The number of esters is 1. The highest BCUT2D eigenvalue weighted by molar-refractivity contribution is 7.16. The van der Waals surface area contributed by atoms with Crippen LogP contribution in [0.5, 0.6) is 0 Å². The van der Waals surface area contributed by atoms with Gasteiger partial charge >= 0.3 is 12.0 Å². The fourth-order valence-electron chi connectivity index (χ4n) is 4.33. The van der Waals surface area contributed by atoms with Crippen LogP contribution in [0.15, 0.2) is 41.8 Å². The smallest absolute Gasteiger partial charge is 0.325 e. The molecule has 34 heavy (non-hydrogen) atoms. The van der Waals surface area contributed by atoms with Gasteiger partial charge in [0.15, 0.2) is 0 Å². The second-order valence-electron chi connectivity index (χ2n) is 8.48. The fraction of sp³-hybridized carbons (Fsp3) is 0.400. The molecule has 0 radical (unpaired) electrons. The first-order chi connectivity index (χ1) is 16.4. The van der Waals surface area contributed by atoms with E-state index in [1.807, 2.05) is 41.5 Å². The molecule has 0 aliphatic carbocycles. The SMILES string of the molecule is CCOC(=O)CNC(=O)N1CCN(C(=O)c2cc3ccsc3n2Cc2ccccc2C)C[C@H]1C. The van der Waals surface area contributed by atoms with Gasteiger partial charge in [-0.15, -0.1) is 11.3 Å². The van der Waals surface area contributed by atoms with Gasteiger partial charge in [-0.3, -0.25) is 9.59 Å². The topological polar surface area (TPSA) is 83.9 Å². The maximum absolute atomic E-state index is 13.6. The zero-order valence-corrected chi connectivity index (χ0v) is 20.6. The number of amides is 3. The van der Waals surface area contributed by atoms with E-state index >= 15 is 0 Å². The minimum absolute atomic E-state index is 0.0320. The fourth-order valence-corrected chi connectivity index (χ4v) is 5.23. The quantitative estimate of drug-likeness (QED) is 0.546. The summed E-state index contributed by atoms with van der Waals surface area (Å²) in [6.07, 6.45) is 0. The lowest BCUT2D eigenvalue weighted by molar-refractivity contribution is -0.141. The van der Waals surface area contributed by atoms with Gasteiger partial charge in [0.2, 0.25) is 0 Å². The number of carbonyl (C=O) groups is 3. The second kappa shape index (κ2) is 10.3. The van der Waals surface area contributed by atoms with Crippen molar-refractivity contribution < 1.29 is 19.1 Å². The van der Waals surface area contributed by atoms with Crippen LogP contribution in [0.3, 0.4) is 0 Å². The first kappa shape index (κ1) is 23.8. The molecular formula is C25H30N4O4S. The molecule has 180 valence electrons. The van der Waals surface area contributed by atoms with Crippen LogP contribution in [-0.2, 0) is 16.1 Å². The molecule has 3 amide bonds. The van der Waals surface area contributed by atoms with Gasteiger partial charge in [0.25, 0.3) is 5.91 Å². The van der Waals surface area contributed by atoms with E-state index in [1.165, 1.54) is 11.1 Å². The highest BCUT2D eigenvalue weighted by atomic mass is 32.1. The molecule has 1 aromatic carbocycles. The summed E-state index contributed by atoms with van der Waals surface area (Å²) in [4.78, 5) is 42.2. The van der Waals surface area contributed by atoms with Crippen molar-refractivity contribution in [2.75, 3.05) is 32.8 Å². The van der Waals surface area contributed by atoms with E-state index in [9.17, 15) is 14.4 Å². The van der Waals surface area contributed by atoms with E-state index in [0.717, 1.165) is 10.2 Å². The summed E-state index contributed by atoms with van der Waals surface area (Å²) >= 11 is 1.63. The normalized spacial score (nSPS) is 16.0. The average Bonchev–Trinajstić information content (AvgIpc) is 3.41.